The Morgan fingerprint density at radius 3 is 3.07 bits per heavy atom. The van der Waals surface area contributed by atoms with E-state index in [1.807, 2.05) is 0 Å². The van der Waals surface area contributed by atoms with E-state index in [2.05, 4.69) is 4.98 Å². The third-order valence-electron chi connectivity index (χ3n) is 4.20. The van der Waals surface area contributed by atoms with Crippen LogP contribution in [0.5, 0.6) is 5.75 Å². The number of ether oxygens (including phenoxy) is 2. The molecule has 4 heteroatoms. The van der Waals surface area contributed by atoms with Crippen molar-refractivity contribution in [2.45, 2.75) is 74.8 Å². The Labute approximate surface area is 193 Å². The van der Waals surface area contributed by atoms with Crippen molar-refractivity contribution in [3.8, 4) is 5.75 Å². The van der Waals surface area contributed by atoms with E-state index in [4.69, 9.17) is 32.8 Å². The van der Waals surface area contributed by atoms with E-state index in [0.29, 0.717) is 11.3 Å². The van der Waals surface area contributed by atoms with E-state index < -0.39 is 99.9 Å². The first-order chi connectivity index (χ1) is 20.4. The first-order valence-corrected chi connectivity index (χ1v) is 9.13. The molecule has 0 amide bonds. The molecule has 2 aromatic rings. The van der Waals surface area contributed by atoms with Gasteiger partial charge in [-0.3, -0.25) is 4.98 Å². The van der Waals surface area contributed by atoms with Gasteiger partial charge in [0.05, 0.1) is 16.8 Å². The summed E-state index contributed by atoms with van der Waals surface area (Å²) in [7, 11) is -2.98. The highest BCUT2D eigenvalue weighted by Crippen LogP contribution is 2.50. The van der Waals surface area contributed by atoms with Crippen LogP contribution in [0.1, 0.15) is 94.1 Å². The van der Waals surface area contributed by atoms with Crippen LogP contribution in [-0.2, 0) is 16.5 Å². The summed E-state index contributed by atoms with van der Waals surface area (Å²) in [6.07, 6.45) is -29.2. The molecule has 0 aromatic carbocycles. The Bertz CT molecular complexity index is 1430. The quantitative estimate of drug-likeness (QED) is 0.573. The summed E-state index contributed by atoms with van der Waals surface area (Å²) in [6, 6.07) is 4.90. The van der Waals surface area contributed by atoms with Crippen LogP contribution in [0.2, 0.25) is 0 Å². The number of methoxy groups -OCH3 is 1. The standard InChI is InChI=1S/C23H31NO2S/c1-25-19-10-17-27-20(19)8-2-4-11-22(21-9-3-7-15-24-21)14-16-26-23(18-22)12-5-6-13-23/h3,7,9-10,15,17H,2,4-6,8,11-14,16,18H2,1H3/t22-/m1/s1/i1D3,4D2,5D2,6D2,8D2,12D2,13D2,14D2,18D2. The number of thiophene rings is 1. The predicted octanol–water partition coefficient (Wildman–Crippen LogP) is 5.93. The Kier molecular flexibility index (Phi) is 2.11. The average molecular weight is 405 g/mol. The predicted molar refractivity (Wildman–Crippen MR) is 111 cm³/mol. The van der Waals surface area contributed by atoms with E-state index in [0.717, 1.165) is 12.3 Å². The zero-order valence-corrected chi connectivity index (χ0v) is 15.1. The van der Waals surface area contributed by atoms with Crippen LogP contribution in [0.25, 0.3) is 0 Å². The molecule has 3 nitrogen and oxygen atoms in total. The van der Waals surface area contributed by atoms with Crippen molar-refractivity contribution >= 4 is 11.3 Å². The van der Waals surface area contributed by atoms with Gasteiger partial charge >= 0.3 is 0 Å². The van der Waals surface area contributed by atoms with Crippen molar-refractivity contribution in [1.29, 1.82) is 0 Å². The van der Waals surface area contributed by atoms with Crippen molar-refractivity contribution in [3.05, 3.63) is 46.4 Å². The van der Waals surface area contributed by atoms with Crippen molar-refractivity contribution in [2.24, 2.45) is 0 Å². The number of hydrogen-bond acceptors (Lipinski definition) is 4. The Hall–Kier alpha value is -1.39. The topological polar surface area (TPSA) is 31.4 Å². The first-order valence-electron chi connectivity index (χ1n) is 17.8. The van der Waals surface area contributed by atoms with Crippen LogP contribution in [0.4, 0.5) is 0 Å². The maximum Gasteiger partial charge on any atom is 0.132 e. The van der Waals surface area contributed by atoms with Gasteiger partial charge in [0.25, 0.3) is 0 Å². The third-order valence-corrected chi connectivity index (χ3v) is 5.05. The molecular formula is C23H31NO2S. The molecule has 2 aromatic heterocycles. The van der Waals surface area contributed by atoms with Crippen LogP contribution >= 0.6 is 11.3 Å². The van der Waals surface area contributed by atoms with Crippen LogP contribution < -0.4 is 4.74 Å². The highest BCUT2D eigenvalue weighted by molar-refractivity contribution is 7.10. The molecule has 1 aliphatic heterocycles. The van der Waals surface area contributed by atoms with Gasteiger partial charge in [0.15, 0.2) is 0 Å². The minimum Gasteiger partial charge on any atom is -0.496 e. The fourth-order valence-electron chi connectivity index (χ4n) is 2.92. The second-order valence-corrected chi connectivity index (χ2v) is 6.80. The van der Waals surface area contributed by atoms with Crippen LogP contribution in [0.15, 0.2) is 35.8 Å². The molecule has 1 saturated carbocycles. The van der Waals surface area contributed by atoms with E-state index in [1.54, 1.807) is 0 Å². The van der Waals surface area contributed by atoms with Gasteiger partial charge in [0.1, 0.15) is 5.75 Å². The first kappa shape index (κ1) is 6.84. The van der Waals surface area contributed by atoms with Crippen molar-refractivity contribution in [1.82, 2.24) is 4.98 Å². The van der Waals surface area contributed by atoms with Crippen molar-refractivity contribution in [2.75, 3.05) is 13.6 Å². The van der Waals surface area contributed by atoms with Crippen LogP contribution in [-0.4, -0.2) is 24.2 Å². The summed E-state index contributed by atoms with van der Waals surface area (Å²) in [4.78, 5) is 3.73. The summed E-state index contributed by atoms with van der Waals surface area (Å²) in [5, 5.41) is 1.31. The highest BCUT2D eigenvalue weighted by Gasteiger charge is 2.48. The molecule has 146 valence electrons. The Balaban J connectivity index is 1.97. The minimum atomic E-state index is -3.84. The zero-order chi connectivity index (χ0) is 35.4. The fourth-order valence-corrected chi connectivity index (χ4v) is 3.63. The maximum atomic E-state index is 9.42. The molecule has 1 spiro atoms. The van der Waals surface area contributed by atoms with Gasteiger partial charge < -0.3 is 9.47 Å². The lowest BCUT2D eigenvalue weighted by Gasteiger charge is -2.46. The lowest BCUT2D eigenvalue weighted by atomic mass is 9.67. The molecule has 2 aliphatic rings. The van der Waals surface area contributed by atoms with E-state index in [-0.39, 0.29) is 4.88 Å². The number of hydrogen-bond donors (Lipinski definition) is 0. The molecule has 27 heavy (non-hydrogen) atoms. The fraction of sp³-hybridized carbons (Fsp3) is 0.609. The molecule has 4 rings (SSSR count). The summed E-state index contributed by atoms with van der Waals surface area (Å²) >= 11 is 0.714. The molecule has 0 bridgehead atoms. The van der Waals surface area contributed by atoms with E-state index in [1.165, 1.54) is 23.6 Å². The summed E-state index contributed by atoms with van der Waals surface area (Å²) in [5.41, 5.74) is -7.37. The second kappa shape index (κ2) is 8.32. The third kappa shape index (κ3) is 4.07. The SMILES string of the molecule is [2H]C([2H])(CC([2H])([2H])c1sccc1OC([2H])([2H])[2H])C[C@@]1(c2ccccn2)C([2H])([2H])COC2(C([2H])([2H])C([2H])([2H])C([2H])([2H])C2([2H])[2H])C1([2H])[2H]. The van der Waals surface area contributed by atoms with Crippen LogP contribution in [0.3, 0.4) is 0 Å². The number of rotatable bonds is 7. The Morgan fingerprint density at radius 1 is 1.33 bits per heavy atom. The summed E-state index contributed by atoms with van der Waals surface area (Å²) in [6.45, 7) is -1.35. The number of nitrogens with zero attached hydrogens (tertiary/aromatic N) is 1. The van der Waals surface area contributed by atoms with Crippen molar-refractivity contribution in [3.63, 3.8) is 0 Å². The number of aryl methyl sites for hydroxylation is 1. The van der Waals surface area contributed by atoms with Gasteiger partial charge in [-0.2, -0.15) is 0 Å². The van der Waals surface area contributed by atoms with E-state index in [9.17, 15) is 2.74 Å². The molecular weight excluding hydrogens is 354 g/mol. The van der Waals surface area contributed by atoms with Gasteiger partial charge in [-0.15, -0.1) is 11.3 Å². The number of aromatic nitrogens is 1. The van der Waals surface area contributed by atoms with Crippen LogP contribution in [0, 0.1) is 0 Å². The molecule has 0 radical (unpaired) electrons. The molecule has 1 aliphatic carbocycles. The minimum absolute atomic E-state index is 0.335. The number of pyridine rings is 1. The average Bonchev–Trinajstić information content (AvgIpc) is 3.35. The summed E-state index contributed by atoms with van der Waals surface area (Å²) in [5.74, 6) is -0.405. The Morgan fingerprint density at radius 2 is 2.26 bits per heavy atom. The molecule has 1 saturated heterocycles. The zero-order valence-electron chi connectivity index (χ0n) is 33.3. The summed E-state index contributed by atoms with van der Waals surface area (Å²) < 4.78 is 173. The van der Waals surface area contributed by atoms with Gasteiger partial charge in [-0.1, -0.05) is 25.2 Å². The van der Waals surface area contributed by atoms with Crippen molar-refractivity contribution < 1.29 is 35.5 Å². The lowest BCUT2D eigenvalue weighted by Crippen LogP contribution is -2.46. The highest BCUT2D eigenvalue weighted by atomic mass is 32.1. The van der Waals surface area contributed by atoms with E-state index >= 15 is 0 Å². The molecule has 3 heterocycles. The normalized spacial score (nSPS) is 47.5. The van der Waals surface area contributed by atoms with Gasteiger partial charge in [0, 0.05) is 50.7 Å². The molecule has 2 fully saturated rings. The van der Waals surface area contributed by atoms with Gasteiger partial charge in [-0.25, -0.2) is 0 Å². The van der Waals surface area contributed by atoms with Gasteiger partial charge in [0.2, 0.25) is 0 Å². The molecule has 0 unspecified atom stereocenters. The monoisotopic (exact) mass is 404 g/mol. The largest absolute Gasteiger partial charge is 0.496 e. The maximum absolute atomic E-state index is 9.42. The molecule has 0 N–H and O–H groups in total. The second-order valence-electron chi connectivity index (χ2n) is 5.89. The molecule has 1 atom stereocenters. The lowest BCUT2D eigenvalue weighted by molar-refractivity contribution is -0.104. The van der Waals surface area contributed by atoms with Gasteiger partial charge in [-0.05, 0) is 68.3 Å². The smallest absolute Gasteiger partial charge is 0.132 e.